The van der Waals surface area contributed by atoms with Crippen LogP contribution < -0.4 is 10.6 Å². The molecular weight excluding hydrogens is 332 g/mol. The second-order valence-electron chi connectivity index (χ2n) is 5.50. The quantitative estimate of drug-likeness (QED) is 0.537. The minimum absolute atomic E-state index is 0.00326. The van der Waals surface area contributed by atoms with Gasteiger partial charge in [0.1, 0.15) is 11.6 Å². The third-order valence-corrected chi connectivity index (χ3v) is 3.50. The normalized spacial score (nSPS) is 11.0. The molecule has 0 aliphatic rings. The summed E-state index contributed by atoms with van der Waals surface area (Å²) < 4.78 is 5.16. The molecule has 26 heavy (non-hydrogen) atoms. The van der Waals surface area contributed by atoms with Crippen LogP contribution in [-0.4, -0.2) is 39.2 Å². The minimum Gasteiger partial charge on any atom is -0.492 e. The first kappa shape index (κ1) is 17.4. The van der Waals surface area contributed by atoms with E-state index in [0.717, 1.165) is 16.6 Å². The SMILES string of the molecule is CCNC(=O)CO/C=C/Cc1nccc(Nc2ccc3[nH]ncc3c2)n1. The number of ether oxygens (including phenoxy) is 1. The Morgan fingerprint density at radius 2 is 2.27 bits per heavy atom. The smallest absolute Gasteiger partial charge is 0.257 e. The molecule has 2 heterocycles. The number of amides is 1. The molecule has 0 radical (unpaired) electrons. The lowest BCUT2D eigenvalue weighted by molar-refractivity contribution is -0.123. The van der Waals surface area contributed by atoms with Gasteiger partial charge in [-0.25, -0.2) is 9.97 Å². The van der Waals surface area contributed by atoms with Crippen molar-refractivity contribution < 1.29 is 9.53 Å². The molecule has 0 saturated heterocycles. The van der Waals surface area contributed by atoms with E-state index in [1.165, 1.54) is 6.26 Å². The predicted octanol–water partition coefficient (Wildman–Crippen LogP) is 2.31. The van der Waals surface area contributed by atoms with Crippen LogP contribution in [0.3, 0.4) is 0 Å². The Bertz CT molecular complexity index is 905. The average Bonchev–Trinajstić information content (AvgIpc) is 3.10. The number of benzene rings is 1. The fourth-order valence-electron chi connectivity index (χ4n) is 2.33. The van der Waals surface area contributed by atoms with Crippen LogP contribution in [-0.2, 0) is 16.0 Å². The number of nitrogens with zero attached hydrogens (tertiary/aromatic N) is 3. The Morgan fingerprint density at radius 3 is 3.15 bits per heavy atom. The van der Waals surface area contributed by atoms with Crippen molar-refractivity contribution >= 4 is 28.3 Å². The van der Waals surface area contributed by atoms with Crippen LogP contribution in [0.25, 0.3) is 10.9 Å². The first-order valence-corrected chi connectivity index (χ1v) is 8.30. The van der Waals surface area contributed by atoms with E-state index in [9.17, 15) is 4.79 Å². The van der Waals surface area contributed by atoms with Crippen molar-refractivity contribution in [3.63, 3.8) is 0 Å². The molecule has 1 amide bonds. The Hall–Kier alpha value is -3.42. The van der Waals surface area contributed by atoms with Crippen molar-refractivity contribution in [2.45, 2.75) is 13.3 Å². The van der Waals surface area contributed by atoms with Crippen molar-refractivity contribution in [3.8, 4) is 0 Å². The zero-order chi connectivity index (χ0) is 18.2. The fourth-order valence-corrected chi connectivity index (χ4v) is 2.33. The van der Waals surface area contributed by atoms with Crippen LogP contribution in [0.5, 0.6) is 0 Å². The van der Waals surface area contributed by atoms with Crippen LogP contribution >= 0.6 is 0 Å². The molecule has 0 spiro atoms. The van der Waals surface area contributed by atoms with Crippen molar-refractivity contribution in [2.24, 2.45) is 0 Å². The van der Waals surface area contributed by atoms with Crippen molar-refractivity contribution in [1.82, 2.24) is 25.5 Å². The monoisotopic (exact) mass is 352 g/mol. The maximum absolute atomic E-state index is 11.3. The second kappa shape index (κ2) is 8.61. The van der Waals surface area contributed by atoms with E-state index < -0.39 is 0 Å². The first-order valence-electron chi connectivity index (χ1n) is 8.30. The molecule has 134 valence electrons. The molecule has 3 rings (SSSR count). The molecular formula is C18H20N6O2. The number of aromatic nitrogens is 4. The largest absolute Gasteiger partial charge is 0.492 e. The number of nitrogens with one attached hydrogen (secondary N) is 3. The number of hydrogen-bond acceptors (Lipinski definition) is 6. The van der Waals surface area contributed by atoms with E-state index >= 15 is 0 Å². The van der Waals surface area contributed by atoms with Gasteiger partial charge < -0.3 is 15.4 Å². The minimum atomic E-state index is -0.144. The first-order chi connectivity index (χ1) is 12.7. The Balaban J connectivity index is 1.55. The van der Waals surface area contributed by atoms with Crippen LogP contribution in [0.4, 0.5) is 11.5 Å². The van der Waals surface area contributed by atoms with Crippen LogP contribution in [0.15, 0.2) is 49.0 Å². The number of fused-ring (bicyclic) bond motifs is 1. The van der Waals surface area contributed by atoms with Crippen molar-refractivity contribution in [2.75, 3.05) is 18.5 Å². The second-order valence-corrected chi connectivity index (χ2v) is 5.50. The Kier molecular flexibility index (Phi) is 5.76. The van der Waals surface area contributed by atoms with E-state index in [1.807, 2.05) is 25.1 Å². The summed E-state index contributed by atoms with van der Waals surface area (Å²) in [4.78, 5) is 19.9. The predicted molar refractivity (Wildman–Crippen MR) is 98.9 cm³/mol. The lowest BCUT2D eigenvalue weighted by Crippen LogP contribution is -2.26. The van der Waals surface area contributed by atoms with Crippen LogP contribution in [0.2, 0.25) is 0 Å². The molecule has 3 aromatic rings. The molecule has 0 fully saturated rings. The molecule has 2 aromatic heterocycles. The number of rotatable bonds is 8. The van der Waals surface area contributed by atoms with Gasteiger partial charge in [0.15, 0.2) is 6.61 Å². The molecule has 0 aliphatic carbocycles. The zero-order valence-electron chi connectivity index (χ0n) is 14.4. The molecule has 0 saturated carbocycles. The molecule has 3 N–H and O–H groups in total. The summed E-state index contributed by atoms with van der Waals surface area (Å²) in [5, 5.41) is 13.9. The van der Waals surface area contributed by atoms with Gasteiger partial charge in [-0.3, -0.25) is 9.89 Å². The number of allylic oxidation sites excluding steroid dienone is 1. The van der Waals surface area contributed by atoms with E-state index in [0.29, 0.717) is 24.6 Å². The summed E-state index contributed by atoms with van der Waals surface area (Å²) in [7, 11) is 0. The van der Waals surface area contributed by atoms with Gasteiger partial charge in [0, 0.05) is 30.2 Å². The highest BCUT2D eigenvalue weighted by molar-refractivity contribution is 5.82. The standard InChI is InChI=1S/C18H20N6O2/c1-2-19-18(25)12-26-9-3-4-16-20-8-7-17(23-16)22-14-5-6-15-13(10-14)11-21-24-15/h3,5-11H,2,4,12H2,1H3,(H,19,25)(H,21,24)(H,20,22,23)/b9-3+. The summed E-state index contributed by atoms with van der Waals surface area (Å²) in [5.41, 5.74) is 1.90. The number of H-pyrrole nitrogens is 1. The van der Waals surface area contributed by atoms with Crippen LogP contribution in [0, 0.1) is 0 Å². The Morgan fingerprint density at radius 1 is 1.35 bits per heavy atom. The molecule has 8 nitrogen and oxygen atoms in total. The van der Waals surface area contributed by atoms with Gasteiger partial charge in [0.2, 0.25) is 0 Å². The van der Waals surface area contributed by atoms with E-state index in [1.54, 1.807) is 24.5 Å². The highest BCUT2D eigenvalue weighted by Crippen LogP contribution is 2.19. The number of carbonyl (C=O) groups is 1. The Labute approximate surface area is 150 Å². The van der Waals surface area contributed by atoms with E-state index in [-0.39, 0.29) is 12.5 Å². The highest BCUT2D eigenvalue weighted by Gasteiger charge is 2.02. The average molecular weight is 352 g/mol. The molecule has 0 bridgehead atoms. The summed E-state index contributed by atoms with van der Waals surface area (Å²) in [6, 6.07) is 7.72. The lowest BCUT2D eigenvalue weighted by atomic mass is 10.2. The van der Waals surface area contributed by atoms with Gasteiger partial charge in [-0.15, -0.1) is 0 Å². The molecule has 8 heteroatoms. The van der Waals surface area contributed by atoms with Gasteiger partial charge in [0.05, 0.1) is 18.0 Å². The number of anilines is 2. The van der Waals surface area contributed by atoms with Gasteiger partial charge in [-0.1, -0.05) is 0 Å². The third kappa shape index (κ3) is 4.79. The molecule has 0 atom stereocenters. The molecule has 1 aromatic carbocycles. The van der Waals surface area contributed by atoms with Gasteiger partial charge >= 0.3 is 0 Å². The highest BCUT2D eigenvalue weighted by atomic mass is 16.5. The maximum atomic E-state index is 11.3. The fraction of sp³-hybridized carbons (Fsp3) is 0.222. The topological polar surface area (TPSA) is 105 Å². The number of aromatic amines is 1. The summed E-state index contributed by atoms with van der Waals surface area (Å²) in [6.07, 6.45) is 7.25. The van der Waals surface area contributed by atoms with Crippen molar-refractivity contribution in [1.29, 1.82) is 0 Å². The van der Waals surface area contributed by atoms with Crippen LogP contribution in [0.1, 0.15) is 12.7 Å². The molecule has 0 unspecified atom stereocenters. The summed E-state index contributed by atoms with van der Waals surface area (Å²) in [5.74, 6) is 1.21. The van der Waals surface area contributed by atoms with Gasteiger partial charge in [0.25, 0.3) is 5.91 Å². The lowest BCUT2D eigenvalue weighted by Gasteiger charge is -2.06. The number of likely N-dealkylation sites (N-methyl/N-ethyl adjacent to an activating group) is 1. The van der Waals surface area contributed by atoms with Gasteiger partial charge in [-0.2, -0.15) is 5.10 Å². The number of carbonyl (C=O) groups excluding carboxylic acids is 1. The molecule has 0 aliphatic heterocycles. The third-order valence-electron chi connectivity index (χ3n) is 3.50. The summed E-state index contributed by atoms with van der Waals surface area (Å²) in [6.45, 7) is 2.45. The van der Waals surface area contributed by atoms with Gasteiger partial charge in [-0.05, 0) is 37.3 Å². The van der Waals surface area contributed by atoms with E-state index in [4.69, 9.17) is 4.74 Å². The zero-order valence-corrected chi connectivity index (χ0v) is 14.4. The summed E-state index contributed by atoms with van der Waals surface area (Å²) >= 11 is 0. The van der Waals surface area contributed by atoms with Crippen molar-refractivity contribution in [3.05, 3.63) is 54.8 Å². The van der Waals surface area contributed by atoms with E-state index in [2.05, 4.69) is 30.8 Å². The number of hydrogen-bond donors (Lipinski definition) is 3. The maximum Gasteiger partial charge on any atom is 0.257 e.